The number of carbonyl (C=O) groups excluding carboxylic acids is 1. The van der Waals surface area contributed by atoms with Crippen LogP contribution in [0.2, 0.25) is 0 Å². The summed E-state index contributed by atoms with van der Waals surface area (Å²) in [6.07, 6.45) is -1.30. The van der Waals surface area contributed by atoms with Crippen LogP contribution in [0.4, 0.5) is 0 Å². The van der Waals surface area contributed by atoms with E-state index in [0.717, 1.165) is 23.1 Å². The van der Waals surface area contributed by atoms with Crippen LogP contribution < -0.4 is 0 Å². The maximum Gasteiger partial charge on any atom is 0.268 e. The number of fused-ring (bicyclic) bond motifs is 3. The van der Waals surface area contributed by atoms with Crippen LogP contribution in [0.5, 0.6) is 0 Å². The Balaban J connectivity index is 1.16. The first-order valence-electron chi connectivity index (χ1n) is 15.0. The van der Waals surface area contributed by atoms with Gasteiger partial charge in [0.25, 0.3) is 5.91 Å². The fraction of sp³-hybridized carbons (Fsp3) is 0.441. The van der Waals surface area contributed by atoms with Crippen LogP contribution in [0.25, 0.3) is 0 Å². The van der Waals surface area contributed by atoms with Gasteiger partial charge in [0.15, 0.2) is 18.7 Å². The zero-order valence-electron chi connectivity index (χ0n) is 24.0. The molecule has 4 heterocycles. The number of hydrogen-bond acceptors (Lipinski definition) is 7. The number of ether oxygens (including phenoxy) is 5. The van der Waals surface area contributed by atoms with E-state index in [-0.39, 0.29) is 36.2 Å². The van der Waals surface area contributed by atoms with Crippen molar-refractivity contribution in [3.8, 4) is 0 Å². The third-order valence-electron chi connectivity index (χ3n) is 8.67. The average molecular weight is 571 g/mol. The molecule has 3 aromatic rings. The highest BCUT2D eigenvalue weighted by molar-refractivity contribution is 5.88. The largest absolute Gasteiger partial charge is 0.361 e. The fourth-order valence-corrected chi connectivity index (χ4v) is 6.73. The Hall–Kier alpha value is -3.11. The Bertz CT molecular complexity index is 1280. The molecule has 8 atom stereocenters. The van der Waals surface area contributed by atoms with Crippen molar-refractivity contribution in [1.82, 2.24) is 10.0 Å². The van der Waals surface area contributed by atoms with Gasteiger partial charge in [-0.2, -0.15) is 0 Å². The molecule has 42 heavy (non-hydrogen) atoms. The molecule has 0 radical (unpaired) electrons. The third kappa shape index (κ3) is 5.17. The maximum atomic E-state index is 13.9. The van der Waals surface area contributed by atoms with Crippen LogP contribution in [0.3, 0.4) is 0 Å². The summed E-state index contributed by atoms with van der Waals surface area (Å²) in [5.74, 6) is 0.344. The molecule has 4 saturated heterocycles. The van der Waals surface area contributed by atoms with Crippen molar-refractivity contribution in [3.05, 3.63) is 108 Å². The SMILES string of the molecule is CC(C)C[C@H]1[C@H](OCc2ccccc2)C(=O)N1N1[C@H]2COC(c3ccccc3)O[C@H]2[C@@H]2OC(c3ccccc3)OC[C@@H]21. The average Bonchev–Trinajstić information content (AvgIpc) is 3.34. The molecule has 0 spiro atoms. The second kappa shape index (κ2) is 11.9. The lowest BCUT2D eigenvalue weighted by molar-refractivity contribution is -0.278. The van der Waals surface area contributed by atoms with Gasteiger partial charge < -0.3 is 23.7 Å². The van der Waals surface area contributed by atoms with E-state index in [1.165, 1.54) is 0 Å². The molecule has 7 rings (SSSR count). The van der Waals surface area contributed by atoms with Crippen molar-refractivity contribution in [2.45, 2.75) is 75.9 Å². The molecule has 8 heteroatoms. The van der Waals surface area contributed by atoms with E-state index < -0.39 is 18.7 Å². The molecular formula is C34H38N2O6. The number of amides is 1. The van der Waals surface area contributed by atoms with Crippen molar-refractivity contribution >= 4 is 5.91 Å². The molecule has 0 N–H and O–H groups in total. The zero-order valence-corrected chi connectivity index (χ0v) is 24.0. The van der Waals surface area contributed by atoms with Gasteiger partial charge in [0.1, 0.15) is 12.2 Å². The predicted molar refractivity (Wildman–Crippen MR) is 155 cm³/mol. The predicted octanol–water partition coefficient (Wildman–Crippen LogP) is 5.02. The van der Waals surface area contributed by atoms with Crippen molar-refractivity contribution in [2.75, 3.05) is 13.2 Å². The molecule has 2 unspecified atom stereocenters. The van der Waals surface area contributed by atoms with Gasteiger partial charge in [-0.25, -0.2) is 5.01 Å². The first kappa shape index (κ1) is 27.7. The quantitative estimate of drug-likeness (QED) is 0.352. The van der Waals surface area contributed by atoms with E-state index in [1.807, 2.05) is 96.0 Å². The molecule has 0 saturated carbocycles. The number of benzene rings is 3. The molecule has 4 aliphatic rings. The summed E-state index contributed by atoms with van der Waals surface area (Å²) < 4.78 is 32.2. The summed E-state index contributed by atoms with van der Waals surface area (Å²) in [6, 6.07) is 29.5. The van der Waals surface area contributed by atoms with Crippen molar-refractivity contribution in [2.24, 2.45) is 5.92 Å². The van der Waals surface area contributed by atoms with E-state index in [0.29, 0.717) is 25.7 Å². The standard InChI is InChI=1S/C34H38N2O6/c1-22(2)18-26-31(38-19-23-12-6-3-7-13-23)32(37)36(26)35-27-20-39-33(24-14-8-4-9-15-24)41-29(27)30-28(35)21-40-34(42-30)25-16-10-5-11-17-25/h3-17,22,26-31,33-34H,18-21H2,1-2H3/t26-,27-,28-,29+,30+,31-,33?,34?/m0/s1. The van der Waals surface area contributed by atoms with Gasteiger partial charge in [-0.05, 0) is 17.9 Å². The van der Waals surface area contributed by atoms with Crippen LogP contribution in [0, 0.1) is 5.92 Å². The summed E-state index contributed by atoms with van der Waals surface area (Å²) in [5, 5.41) is 4.05. The molecule has 3 aromatic carbocycles. The van der Waals surface area contributed by atoms with Gasteiger partial charge in [0.2, 0.25) is 0 Å². The Labute approximate surface area is 247 Å². The molecule has 0 aliphatic carbocycles. The highest BCUT2D eigenvalue weighted by atomic mass is 16.7. The van der Waals surface area contributed by atoms with Crippen LogP contribution in [-0.4, -0.2) is 65.6 Å². The Kier molecular flexibility index (Phi) is 7.84. The minimum absolute atomic E-state index is 0.0358. The van der Waals surface area contributed by atoms with Gasteiger partial charge >= 0.3 is 0 Å². The molecule has 0 aromatic heterocycles. The van der Waals surface area contributed by atoms with E-state index in [9.17, 15) is 4.79 Å². The maximum absolute atomic E-state index is 13.9. The number of hydrogen-bond donors (Lipinski definition) is 0. The zero-order chi connectivity index (χ0) is 28.6. The number of hydrazine groups is 1. The lowest BCUT2D eigenvalue weighted by Gasteiger charge is -2.54. The van der Waals surface area contributed by atoms with Gasteiger partial charge in [0, 0.05) is 11.1 Å². The second-order valence-electron chi connectivity index (χ2n) is 12.0. The lowest BCUT2D eigenvalue weighted by atomic mass is 9.91. The summed E-state index contributed by atoms with van der Waals surface area (Å²) in [5.41, 5.74) is 2.98. The molecular weight excluding hydrogens is 532 g/mol. The smallest absolute Gasteiger partial charge is 0.268 e. The van der Waals surface area contributed by atoms with Crippen LogP contribution >= 0.6 is 0 Å². The van der Waals surface area contributed by atoms with E-state index in [2.05, 4.69) is 18.9 Å². The Morgan fingerprint density at radius 1 is 0.762 bits per heavy atom. The first-order chi connectivity index (χ1) is 20.6. The molecule has 8 nitrogen and oxygen atoms in total. The minimum atomic E-state index is -0.505. The topological polar surface area (TPSA) is 69.7 Å². The highest BCUT2D eigenvalue weighted by Gasteiger charge is 2.63. The number of carbonyl (C=O) groups is 1. The molecule has 1 amide bonds. The van der Waals surface area contributed by atoms with Crippen molar-refractivity contribution in [3.63, 3.8) is 0 Å². The van der Waals surface area contributed by atoms with Gasteiger partial charge in [-0.15, -0.1) is 0 Å². The fourth-order valence-electron chi connectivity index (χ4n) is 6.73. The van der Waals surface area contributed by atoms with E-state index in [1.54, 1.807) is 0 Å². The summed E-state index contributed by atoms with van der Waals surface area (Å²) in [7, 11) is 0. The summed E-state index contributed by atoms with van der Waals surface area (Å²) in [4.78, 5) is 13.9. The minimum Gasteiger partial charge on any atom is -0.361 e. The number of nitrogens with zero attached hydrogens (tertiary/aromatic N) is 2. The molecule has 0 bridgehead atoms. The molecule has 4 aliphatic heterocycles. The van der Waals surface area contributed by atoms with Crippen LogP contribution in [0.1, 0.15) is 49.5 Å². The first-order valence-corrected chi connectivity index (χ1v) is 15.0. The normalized spacial score (nSPS) is 32.8. The highest BCUT2D eigenvalue weighted by Crippen LogP contribution is 2.46. The van der Waals surface area contributed by atoms with Crippen LogP contribution in [-0.2, 0) is 35.1 Å². The molecule has 4 fully saturated rings. The Morgan fingerprint density at radius 2 is 1.26 bits per heavy atom. The lowest BCUT2D eigenvalue weighted by Crippen LogP contribution is -2.74. The monoisotopic (exact) mass is 570 g/mol. The number of rotatable bonds is 8. The van der Waals surface area contributed by atoms with Gasteiger partial charge in [-0.1, -0.05) is 105 Å². The van der Waals surface area contributed by atoms with Crippen LogP contribution in [0.15, 0.2) is 91.0 Å². The third-order valence-corrected chi connectivity index (χ3v) is 8.67. The van der Waals surface area contributed by atoms with Gasteiger partial charge in [-0.3, -0.25) is 9.80 Å². The van der Waals surface area contributed by atoms with Crippen molar-refractivity contribution in [1.29, 1.82) is 0 Å². The number of β-lactam (4-membered cyclic amide) rings is 1. The van der Waals surface area contributed by atoms with Gasteiger partial charge in [0.05, 0.1) is 37.9 Å². The summed E-state index contributed by atoms with van der Waals surface area (Å²) >= 11 is 0. The second-order valence-corrected chi connectivity index (χ2v) is 12.0. The van der Waals surface area contributed by atoms with E-state index in [4.69, 9.17) is 23.7 Å². The van der Waals surface area contributed by atoms with Crippen molar-refractivity contribution < 1.29 is 28.5 Å². The molecule has 220 valence electrons. The van der Waals surface area contributed by atoms with E-state index >= 15 is 0 Å². The summed E-state index contributed by atoms with van der Waals surface area (Å²) in [6.45, 7) is 5.57. The Morgan fingerprint density at radius 3 is 1.76 bits per heavy atom.